The highest BCUT2D eigenvalue weighted by Gasteiger charge is 2.07. The van der Waals surface area contributed by atoms with E-state index in [4.69, 9.17) is 9.97 Å². The first-order valence-corrected chi connectivity index (χ1v) is 11.6. The minimum Gasteiger partial charge on any atom is -0.256 e. The fourth-order valence-electron chi connectivity index (χ4n) is 4.59. The molecule has 0 fully saturated rings. The van der Waals surface area contributed by atoms with E-state index in [9.17, 15) is 0 Å². The molecule has 0 N–H and O–H groups in total. The maximum Gasteiger partial charge on any atom is 0.0702 e. The predicted molar refractivity (Wildman–Crippen MR) is 143 cm³/mol. The van der Waals surface area contributed by atoms with Crippen LogP contribution in [0.25, 0.3) is 44.8 Å². The number of hydrogen-bond acceptors (Lipinski definition) is 2. The number of pyridine rings is 2. The second-order valence-corrected chi connectivity index (χ2v) is 9.20. The lowest BCUT2D eigenvalue weighted by Crippen LogP contribution is -1.89. The van der Waals surface area contributed by atoms with Gasteiger partial charge in [-0.3, -0.25) is 9.97 Å². The van der Waals surface area contributed by atoms with E-state index in [0.29, 0.717) is 0 Å². The summed E-state index contributed by atoms with van der Waals surface area (Å²) in [6.07, 6.45) is 3.93. The van der Waals surface area contributed by atoms with E-state index >= 15 is 0 Å². The van der Waals surface area contributed by atoms with E-state index in [-0.39, 0.29) is 0 Å². The Bertz CT molecular complexity index is 1310. The largest absolute Gasteiger partial charge is 0.256 e. The Hall–Kier alpha value is -4.04. The van der Waals surface area contributed by atoms with Crippen LogP contribution in [-0.4, -0.2) is 9.97 Å². The Kier molecular flexibility index (Phi) is 5.81. The molecule has 5 aromatic rings. The van der Waals surface area contributed by atoms with Crippen LogP contribution in [0.3, 0.4) is 0 Å². The minimum atomic E-state index is 0.960. The SMILES string of the molecule is Cc1cc(C)cc(-c2ccc(-c3cccc(-c4ccc(-c5cc(C)cc(C)c5)cn4)c3)nc2)c1. The zero-order valence-electron chi connectivity index (χ0n) is 20.1. The molecule has 0 aliphatic carbocycles. The molecule has 166 valence electrons. The molecular weight excluding hydrogens is 412 g/mol. The quantitative estimate of drug-likeness (QED) is 0.280. The molecule has 0 radical (unpaired) electrons. The molecule has 2 heteroatoms. The van der Waals surface area contributed by atoms with Gasteiger partial charge in [0.15, 0.2) is 0 Å². The lowest BCUT2D eigenvalue weighted by Gasteiger charge is -2.09. The Morgan fingerprint density at radius 3 is 1.15 bits per heavy atom. The Balaban J connectivity index is 1.41. The molecule has 0 atom stereocenters. The van der Waals surface area contributed by atoms with Crippen LogP contribution in [0.4, 0.5) is 0 Å². The van der Waals surface area contributed by atoms with E-state index in [1.807, 2.05) is 12.4 Å². The van der Waals surface area contributed by atoms with Crippen LogP contribution in [0.2, 0.25) is 0 Å². The number of aryl methyl sites for hydroxylation is 4. The number of nitrogens with zero attached hydrogens (tertiary/aromatic N) is 2. The zero-order chi connectivity index (χ0) is 23.7. The Morgan fingerprint density at radius 1 is 0.382 bits per heavy atom. The Labute approximate surface area is 202 Å². The van der Waals surface area contributed by atoms with Gasteiger partial charge in [-0.15, -0.1) is 0 Å². The summed E-state index contributed by atoms with van der Waals surface area (Å²) < 4.78 is 0. The first-order valence-electron chi connectivity index (χ1n) is 11.6. The van der Waals surface area contributed by atoms with Crippen molar-refractivity contribution in [3.8, 4) is 44.8 Å². The third-order valence-corrected chi connectivity index (χ3v) is 6.09. The molecule has 3 aromatic carbocycles. The van der Waals surface area contributed by atoms with Gasteiger partial charge >= 0.3 is 0 Å². The molecule has 0 aliphatic heterocycles. The van der Waals surface area contributed by atoms with E-state index in [1.165, 1.54) is 33.4 Å². The van der Waals surface area contributed by atoms with Crippen molar-refractivity contribution in [2.24, 2.45) is 0 Å². The van der Waals surface area contributed by atoms with E-state index < -0.39 is 0 Å². The van der Waals surface area contributed by atoms with Gasteiger partial charge in [-0.25, -0.2) is 0 Å². The van der Waals surface area contributed by atoms with Crippen LogP contribution in [0.1, 0.15) is 22.3 Å². The molecule has 0 amide bonds. The standard InChI is InChI=1S/C32H28N2/c1-21-12-22(2)15-29(14-21)27-8-10-31(33-19-27)25-6-5-7-26(18-25)32-11-9-28(20-34-32)30-16-23(3)13-24(4)17-30/h5-20H,1-4H3. The number of aromatic nitrogens is 2. The third-order valence-electron chi connectivity index (χ3n) is 6.09. The molecular formula is C32H28N2. The van der Waals surface area contributed by atoms with Crippen LogP contribution in [0, 0.1) is 27.7 Å². The van der Waals surface area contributed by atoms with Gasteiger partial charge in [0.2, 0.25) is 0 Å². The number of benzene rings is 3. The van der Waals surface area contributed by atoms with Gasteiger partial charge in [-0.1, -0.05) is 89.0 Å². The summed E-state index contributed by atoms with van der Waals surface area (Å²) in [5, 5.41) is 0. The Morgan fingerprint density at radius 2 is 0.794 bits per heavy atom. The lowest BCUT2D eigenvalue weighted by atomic mass is 10.00. The molecule has 2 nitrogen and oxygen atoms in total. The van der Waals surface area contributed by atoms with Crippen molar-refractivity contribution in [3.05, 3.63) is 120 Å². The van der Waals surface area contributed by atoms with Gasteiger partial charge in [-0.2, -0.15) is 0 Å². The highest BCUT2D eigenvalue weighted by atomic mass is 14.7. The molecule has 0 bridgehead atoms. The van der Waals surface area contributed by atoms with Crippen molar-refractivity contribution in [2.75, 3.05) is 0 Å². The minimum absolute atomic E-state index is 0.960. The van der Waals surface area contributed by atoms with Crippen molar-refractivity contribution >= 4 is 0 Å². The first-order chi connectivity index (χ1) is 16.4. The van der Waals surface area contributed by atoms with Crippen molar-refractivity contribution < 1.29 is 0 Å². The average Bonchev–Trinajstić information content (AvgIpc) is 2.83. The highest BCUT2D eigenvalue weighted by Crippen LogP contribution is 2.28. The van der Waals surface area contributed by atoms with Gasteiger partial charge in [-0.05, 0) is 57.0 Å². The summed E-state index contributed by atoms with van der Waals surface area (Å²) in [5.41, 5.74) is 13.8. The van der Waals surface area contributed by atoms with Crippen LogP contribution in [0.15, 0.2) is 97.3 Å². The molecule has 0 aliphatic rings. The fourth-order valence-corrected chi connectivity index (χ4v) is 4.59. The second kappa shape index (κ2) is 9.07. The lowest BCUT2D eigenvalue weighted by molar-refractivity contribution is 1.30. The molecule has 34 heavy (non-hydrogen) atoms. The topological polar surface area (TPSA) is 25.8 Å². The molecule has 5 rings (SSSR count). The van der Waals surface area contributed by atoms with Crippen LogP contribution < -0.4 is 0 Å². The number of rotatable bonds is 4. The summed E-state index contributed by atoms with van der Waals surface area (Å²) in [6.45, 7) is 8.52. The molecule has 2 heterocycles. The smallest absolute Gasteiger partial charge is 0.0702 e. The van der Waals surface area contributed by atoms with Gasteiger partial charge in [0, 0.05) is 34.6 Å². The second-order valence-electron chi connectivity index (χ2n) is 9.20. The van der Waals surface area contributed by atoms with Crippen LogP contribution in [-0.2, 0) is 0 Å². The molecule has 0 unspecified atom stereocenters. The summed E-state index contributed by atoms with van der Waals surface area (Å²) in [7, 11) is 0. The van der Waals surface area contributed by atoms with Gasteiger partial charge in [0.1, 0.15) is 0 Å². The van der Waals surface area contributed by atoms with Gasteiger partial charge in [0.25, 0.3) is 0 Å². The number of hydrogen-bond donors (Lipinski definition) is 0. The summed E-state index contributed by atoms with van der Waals surface area (Å²) >= 11 is 0. The molecule has 0 spiro atoms. The van der Waals surface area contributed by atoms with Crippen molar-refractivity contribution in [3.63, 3.8) is 0 Å². The molecule has 0 saturated carbocycles. The molecule has 2 aromatic heterocycles. The van der Waals surface area contributed by atoms with E-state index in [2.05, 4.69) is 113 Å². The maximum atomic E-state index is 4.77. The third kappa shape index (κ3) is 4.67. The van der Waals surface area contributed by atoms with Crippen LogP contribution in [0.5, 0.6) is 0 Å². The maximum absolute atomic E-state index is 4.77. The van der Waals surface area contributed by atoms with Crippen molar-refractivity contribution in [1.29, 1.82) is 0 Å². The normalized spacial score (nSPS) is 10.9. The van der Waals surface area contributed by atoms with Crippen molar-refractivity contribution in [1.82, 2.24) is 9.97 Å². The molecule has 0 saturated heterocycles. The summed E-state index contributed by atoms with van der Waals surface area (Å²) in [6, 6.07) is 30.2. The van der Waals surface area contributed by atoms with Gasteiger partial charge < -0.3 is 0 Å². The average molecular weight is 441 g/mol. The fraction of sp³-hybridized carbons (Fsp3) is 0.125. The van der Waals surface area contributed by atoms with Crippen molar-refractivity contribution in [2.45, 2.75) is 27.7 Å². The van der Waals surface area contributed by atoms with E-state index in [1.54, 1.807) is 0 Å². The van der Waals surface area contributed by atoms with Gasteiger partial charge in [0.05, 0.1) is 11.4 Å². The highest BCUT2D eigenvalue weighted by molar-refractivity contribution is 5.73. The summed E-state index contributed by atoms with van der Waals surface area (Å²) in [4.78, 5) is 9.54. The summed E-state index contributed by atoms with van der Waals surface area (Å²) in [5.74, 6) is 0. The monoisotopic (exact) mass is 440 g/mol. The zero-order valence-corrected chi connectivity index (χ0v) is 20.1. The van der Waals surface area contributed by atoms with E-state index in [0.717, 1.165) is 33.6 Å². The first kappa shape index (κ1) is 21.8. The van der Waals surface area contributed by atoms with Crippen LogP contribution >= 0.6 is 0 Å². The predicted octanol–water partition coefficient (Wildman–Crippen LogP) is 8.38.